The first-order valence-corrected chi connectivity index (χ1v) is 13.0. The van der Waals surface area contributed by atoms with Crippen molar-refractivity contribution in [2.45, 2.75) is 19.5 Å². The van der Waals surface area contributed by atoms with Crippen LogP contribution in [0.5, 0.6) is 0 Å². The molecule has 4 rings (SSSR count). The standard InChI is InChI=1S/C22H22N2O3S3/c25-22(23(16-20-4-1-13-28-20)17-21-5-2-14-29-21)11-8-18-6-9-19(10-7-18)24-12-3-15-30(24,26)27/h1-2,4-11,13-14H,3,12,15-17H2/b11-8+. The number of nitrogens with zero attached hydrogens (tertiary/aromatic N) is 2. The Morgan fingerprint density at radius 1 is 1.00 bits per heavy atom. The molecule has 1 fully saturated rings. The largest absolute Gasteiger partial charge is 0.329 e. The Morgan fingerprint density at radius 2 is 1.63 bits per heavy atom. The lowest BCUT2D eigenvalue weighted by Gasteiger charge is -2.20. The first kappa shape index (κ1) is 20.8. The number of sulfonamides is 1. The number of rotatable bonds is 7. The molecule has 0 atom stereocenters. The molecule has 2 aromatic heterocycles. The number of benzene rings is 1. The van der Waals surface area contributed by atoms with Gasteiger partial charge in [-0.2, -0.15) is 0 Å². The van der Waals surface area contributed by atoms with Gasteiger partial charge in [-0.15, -0.1) is 22.7 Å². The number of hydrogen-bond acceptors (Lipinski definition) is 5. The van der Waals surface area contributed by atoms with Crippen molar-refractivity contribution in [2.24, 2.45) is 0 Å². The van der Waals surface area contributed by atoms with E-state index in [9.17, 15) is 13.2 Å². The minimum absolute atomic E-state index is 0.0528. The number of carbonyl (C=O) groups excluding carboxylic acids is 1. The minimum Gasteiger partial charge on any atom is -0.329 e. The molecule has 156 valence electrons. The highest BCUT2D eigenvalue weighted by Gasteiger charge is 2.28. The van der Waals surface area contributed by atoms with Gasteiger partial charge in [-0.05, 0) is 53.1 Å². The van der Waals surface area contributed by atoms with Gasteiger partial charge in [0.05, 0.1) is 24.5 Å². The van der Waals surface area contributed by atoms with Crippen LogP contribution in [0.15, 0.2) is 65.4 Å². The fraction of sp³-hybridized carbons (Fsp3) is 0.227. The summed E-state index contributed by atoms with van der Waals surface area (Å²) in [4.78, 5) is 17.0. The summed E-state index contributed by atoms with van der Waals surface area (Å²) >= 11 is 3.28. The van der Waals surface area contributed by atoms with E-state index in [-0.39, 0.29) is 11.7 Å². The van der Waals surface area contributed by atoms with Crippen molar-refractivity contribution >= 4 is 50.4 Å². The molecule has 8 heteroatoms. The number of thiophene rings is 2. The summed E-state index contributed by atoms with van der Waals surface area (Å²) in [5.74, 6) is 0.149. The molecular weight excluding hydrogens is 436 g/mol. The summed E-state index contributed by atoms with van der Waals surface area (Å²) < 4.78 is 25.6. The fourth-order valence-electron chi connectivity index (χ4n) is 3.35. The van der Waals surface area contributed by atoms with Crippen LogP contribution in [0.2, 0.25) is 0 Å². The first-order valence-electron chi connectivity index (χ1n) is 9.63. The lowest BCUT2D eigenvalue weighted by Crippen LogP contribution is -2.27. The molecule has 1 aliphatic rings. The average Bonchev–Trinajstić information content (AvgIpc) is 3.49. The molecule has 3 heterocycles. The van der Waals surface area contributed by atoms with E-state index in [1.807, 2.05) is 52.1 Å². The van der Waals surface area contributed by atoms with Gasteiger partial charge in [0.2, 0.25) is 15.9 Å². The third-order valence-corrected chi connectivity index (χ3v) is 8.46. The van der Waals surface area contributed by atoms with Crippen molar-refractivity contribution in [1.29, 1.82) is 0 Å². The SMILES string of the molecule is O=C(/C=C/c1ccc(N2CCCS2(=O)=O)cc1)N(Cc1cccs1)Cc1cccs1. The maximum absolute atomic E-state index is 12.9. The molecule has 3 aromatic rings. The van der Waals surface area contributed by atoms with Gasteiger partial charge in [0.15, 0.2) is 0 Å². The van der Waals surface area contributed by atoms with Crippen molar-refractivity contribution in [3.63, 3.8) is 0 Å². The third kappa shape index (κ3) is 5.00. The van der Waals surface area contributed by atoms with Gasteiger partial charge in [0, 0.05) is 22.4 Å². The van der Waals surface area contributed by atoms with Gasteiger partial charge in [-0.3, -0.25) is 9.10 Å². The van der Waals surface area contributed by atoms with Crippen LogP contribution in [-0.2, 0) is 27.9 Å². The molecule has 1 saturated heterocycles. The van der Waals surface area contributed by atoms with E-state index in [1.54, 1.807) is 47.0 Å². The van der Waals surface area contributed by atoms with Crippen LogP contribution in [0.3, 0.4) is 0 Å². The maximum atomic E-state index is 12.9. The number of anilines is 1. The molecule has 0 saturated carbocycles. The highest BCUT2D eigenvalue weighted by molar-refractivity contribution is 7.93. The quantitative estimate of drug-likeness (QED) is 0.487. The molecule has 1 aromatic carbocycles. The highest BCUT2D eigenvalue weighted by Crippen LogP contribution is 2.24. The molecule has 5 nitrogen and oxygen atoms in total. The predicted molar refractivity (Wildman–Crippen MR) is 124 cm³/mol. The van der Waals surface area contributed by atoms with Crippen molar-refractivity contribution < 1.29 is 13.2 Å². The van der Waals surface area contributed by atoms with E-state index in [1.165, 1.54) is 4.31 Å². The van der Waals surface area contributed by atoms with Crippen LogP contribution < -0.4 is 4.31 Å². The second kappa shape index (κ2) is 9.16. The zero-order valence-corrected chi connectivity index (χ0v) is 18.8. The summed E-state index contributed by atoms with van der Waals surface area (Å²) in [6.07, 6.45) is 4.02. The minimum atomic E-state index is -3.18. The molecule has 1 amide bonds. The van der Waals surface area contributed by atoms with Gasteiger partial charge >= 0.3 is 0 Å². The maximum Gasteiger partial charge on any atom is 0.247 e. The molecule has 30 heavy (non-hydrogen) atoms. The lowest BCUT2D eigenvalue weighted by molar-refractivity contribution is -0.127. The van der Waals surface area contributed by atoms with Crippen LogP contribution >= 0.6 is 22.7 Å². The van der Waals surface area contributed by atoms with Gasteiger partial charge in [-0.25, -0.2) is 8.42 Å². The molecule has 0 bridgehead atoms. The molecule has 0 spiro atoms. The normalized spacial score (nSPS) is 15.7. The van der Waals surface area contributed by atoms with Crippen LogP contribution in [0.1, 0.15) is 21.7 Å². The second-order valence-corrected chi connectivity index (χ2v) is 11.1. The van der Waals surface area contributed by atoms with E-state index in [0.717, 1.165) is 15.3 Å². The monoisotopic (exact) mass is 458 g/mol. The first-order chi connectivity index (χ1) is 14.5. The summed E-state index contributed by atoms with van der Waals surface area (Å²) in [5.41, 5.74) is 1.53. The van der Waals surface area contributed by atoms with Crippen molar-refractivity contribution in [3.05, 3.63) is 80.7 Å². The second-order valence-electron chi connectivity index (χ2n) is 7.02. The Balaban J connectivity index is 1.46. The van der Waals surface area contributed by atoms with Crippen LogP contribution in [0, 0.1) is 0 Å². The van der Waals surface area contributed by atoms with Crippen LogP contribution in [0.25, 0.3) is 6.08 Å². The Kier molecular flexibility index (Phi) is 6.36. The zero-order chi connectivity index (χ0) is 21.0. The van der Waals surface area contributed by atoms with E-state index in [4.69, 9.17) is 0 Å². The summed E-state index contributed by atoms with van der Waals surface area (Å²) in [6.45, 7) is 1.67. The molecule has 0 aliphatic carbocycles. The third-order valence-electron chi connectivity index (χ3n) is 4.86. The topological polar surface area (TPSA) is 57.7 Å². The van der Waals surface area contributed by atoms with Gasteiger partial charge in [0.1, 0.15) is 0 Å². The highest BCUT2D eigenvalue weighted by atomic mass is 32.2. The van der Waals surface area contributed by atoms with Gasteiger partial charge in [-0.1, -0.05) is 24.3 Å². The van der Waals surface area contributed by atoms with E-state index in [2.05, 4.69) is 0 Å². The van der Waals surface area contributed by atoms with E-state index in [0.29, 0.717) is 31.7 Å². The van der Waals surface area contributed by atoms with Crippen LogP contribution in [0.4, 0.5) is 5.69 Å². The Hall–Kier alpha value is -2.42. The fourth-order valence-corrected chi connectivity index (χ4v) is 6.35. The molecule has 1 aliphatic heterocycles. The number of hydrogen-bond donors (Lipinski definition) is 0. The van der Waals surface area contributed by atoms with E-state index < -0.39 is 10.0 Å². The Labute approximate surface area is 184 Å². The number of amides is 1. The summed E-state index contributed by atoms with van der Waals surface area (Å²) in [7, 11) is -3.18. The lowest BCUT2D eigenvalue weighted by atomic mass is 10.2. The molecule has 0 N–H and O–H groups in total. The molecular formula is C22H22N2O3S3. The van der Waals surface area contributed by atoms with Crippen LogP contribution in [-0.4, -0.2) is 31.5 Å². The van der Waals surface area contributed by atoms with Crippen molar-refractivity contribution in [1.82, 2.24) is 4.90 Å². The Bertz CT molecular complexity index is 1070. The van der Waals surface area contributed by atoms with Crippen molar-refractivity contribution in [2.75, 3.05) is 16.6 Å². The van der Waals surface area contributed by atoms with Gasteiger partial charge < -0.3 is 4.90 Å². The predicted octanol–water partition coefficient (Wildman–Crippen LogP) is 4.59. The smallest absolute Gasteiger partial charge is 0.247 e. The average molecular weight is 459 g/mol. The molecule has 0 radical (unpaired) electrons. The Morgan fingerprint density at radius 3 is 2.13 bits per heavy atom. The molecule has 0 unspecified atom stereocenters. The van der Waals surface area contributed by atoms with Crippen molar-refractivity contribution in [3.8, 4) is 0 Å². The zero-order valence-electron chi connectivity index (χ0n) is 16.3. The van der Waals surface area contributed by atoms with E-state index >= 15 is 0 Å². The summed E-state index contributed by atoms with van der Waals surface area (Å²) in [5, 5.41) is 4.03. The summed E-state index contributed by atoms with van der Waals surface area (Å²) in [6, 6.07) is 15.3. The van der Waals surface area contributed by atoms with Gasteiger partial charge in [0.25, 0.3) is 0 Å². The number of carbonyl (C=O) groups is 1.